The lowest BCUT2D eigenvalue weighted by Gasteiger charge is -2.17. The molecule has 1 aromatic heterocycles. The third-order valence-corrected chi connectivity index (χ3v) is 4.92. The van der Waals surface area contributed by atoms with Gasteiger partial charge in [-0.2, -0.15) is 13.2 Å². The van der Waals surface area contributed by atoms with Gasteiger partial charge < -0.3 is 9.47 Å². The molecule has 0 bridgehead atoms. The number of benzene rings is 1. The molecule has 0 saturated carbocycles. The SMILES string of the molecule is CN1C(=O)CS[C@@H]1c1ccn(-c2ccccc2C(F)(F)F)c1. The third-order valence-electron chi connectivity index (χ3n) is 3.60. The molecule has 0 unspecified atom stereocenters. The van der Waals surface area contributed by atoms with Crippen molar-refractivity contribution in [2.45, 2.75) is 11.6 Å². The maximum Gasteiger partial charge on any atom is 0.418 e. The summed E-state index contributed by atoms with van der Waals surface area (Å²) < 4.78 is 40.7. The van der Waals surface area contributed by atoms with E-state index in [2.05, 4.69) is 0 Å². The average Bonchev–Trinajstić information content (AvgIpc) is 3.06. The van der Waals surface area contributed by atoms with E-state index in [1.807, 2.05) is 0 Å². The number of para-hydroxylation sites is 1. The van der Waals surface area contributed by atoms with Gasteiger partial charge in [-0.1, -0.05) is 12.1 Å². The second-order valence-electron chi connectivity index (χ2n) is 5.04. The molecule has 1 aliphatic rings. The highest BCUT2D eigenvalue weighted by Gasteiger charge is 2.34. The Bertz CT molecular complexity index is 711. The Morgan fingerprint density at radius 3 is 2.59 bits per heavy atom. The summed E-state index contributed by atoms with van der Waals surface area (Å²) in [5, 5.41) is -0.146. The lowest BCUT2D eigenvalue weighted by Crippen LogP contribution is -2.22. The molecule has 0 N–H and O–H groups in total. The zero-order valence-corrected chi connectivity index (χ0v) is 12.5. The van der Waals surface area contributed by atoms with Crippen LogP contribution >= 0.6 is 11.8 Å². The zero-order chi connectivity index (χ0) is 15.9. The standard InChI is InChI=1S/C15H13F3N2OS/c1-19-13(21)9-22-14(19)10-6-7-20(8-10)12-5-3-2-4-11(12)15(16,17)18/h2-8,14H,9H2,1H3/t14-/m1/s1. The molecule has 2 aromatic rings. The molecule has 0 aliphatic carbocycles. The van der Waals surface area contributed by atoms with Gasteiger partial charge in [-0.05, 0) is 18.2 Å². The van der Waals surface area contributed by atoms with Crippen LogP contribution in [-0.4, -0.2) is 28.2 Å². The molecule has 1 aliphatic heterocycles. The van der Waals surface area contributed by atoms with E-state index in [1.54, 1.807) is 36.5 Å². The number of aromatic nitrogens is 1. The number of alkyl halides is 3. The molecule has 1 atom stereocenters. The smallest absolute Gasteiger partial charge is 0.329 e. The molecule has 0 radical (unpaired) electrons. The highest BCUT2D eigenvalue weighted by Crippen LogP contribution is 2.39. The normalized spacial score (nSPS) is 19.0. The van der Waals surface area contributed by atoms with Gasteiger partial charge in [-0.3, -0.25) is 4.79 Å². The van der Waals surface area contributed by atoms with E-state index in [0.29, 0.717) is 5.75 Å². The van der Waals surface area contributed by atoms with E-state index in [-0.39, 0.29) is 17.0 Å². The first-order chi connectivity index (χ1) is 10.4. The molecular weight excluding hydrogens is 313 g/mol. The lowest BCUT2D eigenvalue weighted by molar-refractivity contribution is -0.137. The van der Waals surface area contributed by atoms with E-state index in [0.717, 1.165) is 11.6 Å². The van der Waals surface area contributed by atoms with Crippen LogP contribution in [0, 0.1) is 0 Å². The van der Waals surface area contributed by atoms with Gasteiger partial charge in [-0.25, -0.2) is 0 Å². The van der Waals surface area contributed by atoms with E-state index in [1.165, 1.54) is 28.5 Å². The highest BCUT2D eigenvalue weighted by molar-refractivity contribution is 8.00. The van der Waals surface area contributed by atoms with Gasteiger partial charge in [0.1, 0.15) is 5.37 Å². The van der Waals surface area contributed by atoms with Crippen LogP contribution < -0.4 is 0 Å². The predicted octanol–water partition coefficient (Wildman–Crippen LogP) is 3.70. The minimum atomic E-state index is -4.41. The molecule has 1 saturated heterocycles. The van der Waals surface area contributed by atoms with Gasteiger partial charge in [0.15, 0.2) is 0 Å². The summed E-state index contributed by atoms with van der Waals surface area (Å²) in [4.78, 5) is 13.2. The van der Waals surface area contributed by atoms with Crippen molar-refractivity contribution in [3.63, 3.8) is 0 Å². The van der Waals surface area contributed by atoms with Crippen molar-refractivity contribution in [2.24, 2.45) is 0 Å². The van der Waals surface area contributed by atoms with Crippen LogP contribution in [-0.2, 0) is 11.0 Å². The van der Waals surface area contributed by atoms with Crippen LogP contribution in [0.4, 0.5) is 13.2 Å². The van der Waals surface area contributed by atoms with Gasteiger partial charge >= 0.3 is 6.18 Å². The Labute approximate surface area is 129 Å². The van der Waals surface area contributed by atoms with Gasteiger partial charge in [-0.15, -0.1) is 11.8 Å². The van der Waals surface area contributed by atoms with Gasteiger partial charge in [0, 0.05) is 25.0 Å². The first-order valence-electron chi connectivity index (χ1n) is 6.59. The fourth-order valence-electron chi connectivity index (χ4n) is 2.46. The van der Waals surface area contributed by atoms with Crippen molar-refractivity contribution in [3.05, 3.63) is 53.9 Å². The fourth-order valence-corrected chi connectivity index (χ4v) is 3.64. The largest absolute Gasteiger partial charge is 0.418 e. The second-order valence-corrected chi connectivity index (χ2v) is 6.10. The van der Waals surface area contributed by atoms with E-state index >= 15 is 0 Å². The Balaban J connectivity index is 1.97. The third kappa shape index (κ3) is 2.61. The molecule has 3 nitrogen and oxygen atoms in total. The summed E-state index contributed by atoms with van der Waals surface area (Å²) in [6.45, 7) is 0. The number of halogens is 3. The van der Waals surface area contributed by atoms with Gasteiger partial charge in [0.05, 0.1) is 17.0 Å². The lowest BCUT2D eigenvalue weighted by atomic mass is 10.1. The van der Waals surface area contributed by atoms with Crippen molar-refractivity contribution in [1.82, 2.24) is 9.47 Å². The van der Waals surface area contributed by atoms with Crippen molar-refractivity contribution < 1.29 is 18.0 Å². The molecule has 2 heterocycles. The monoisotopic (exact) mass is 326 g/mol. The van der Waals surface area contributed by atoms with Crippen LogP contribution in [0.25, 0.3) is 5.69 Å². The second kappa shape index (κ2) is 5.39. The van der Waals surface area contributed by atoms with Crippen LogP contribution in [0.15, 0.2) is 42.7 Å². The van der Waals surface area contributed by atoms with Crippen LogP contribution in [0.3, 0.4) is 0 Å². The Hall–Kier alpha value is -1.89. The van der Waals surface area contributed by atoms with Gasteiger partial charge in [0.2, 0.25) is 5.91 Å². The van der Waals surface area contributed by atoms with Crippen molar-refractivity contribution >= 4 is 17.7 Å². The number of amides is 1. The number of carbonyl (C=O) groups excluding carboxylic acids is 1. The topological polar surface area (TPSA) is 25.2 Å². The zero-order valence-electron chi connectivity index (χ0n) is 11.7. The molecule has 22 heavy (non-hydrogen) atoms. The molecule has 116 valence electrons. The first-order valence-corrected chi connectivity index (χ1v) is 7.64. The summed E-state index contributed by atoms with van der Waals surface area (Å²) >= 11 is 1.47. The molecule has 3 rings (SSSR count). The van der Waals surface area contributed by atoms with Crippen LogP contribution in [0.1, 0.15) is 16.5 Å². The first kappa shape index (κ1) is 15.0. The van der Waals surface area contributed by atoms with Crippen molar-refractivity contribution in [2.75, 3.05) is 12.8 Å². The van der Waals surface area contributed by atoms with Gasteiger partial charge in [0.25, 0.3) is 0 Å². The molecule has 1 amide bonds. The fraction of sp³-hybridized carbons (Fsp3) is 0.267. The minimum absolute atomic E-state index is 0.0263. The summed E-state index contributed by atoms with van der Waals surface area (Å²) in [5.74, 6) is 0.421. The van der Waals surface area contributed by atoms with E-state index in [4.69, 9.17) is 0 Å². The molecule has 1 fully saturated rings. The van der Waals surface area contributed by atoms with Crippen LogP contribution in [0.5, 0.6) is 0 Å². The number of thioether (sulfide) groups is 1. The Morgan fingerprint density at radius 1 is 1.23 bits per heavy atom. The maximum absolute atomic E-state index is 13.1. The maximum atomic E-state index is 13.1. The average molecular weight is 326 g/mol. The van der Waals surface area contributed by atoms with Crippen molar-refractivity contribution in [1.29, 1.82) is 0 Å². The van der Waals surface area contributed by atoms with E-state index < -0.39 is 11.7 Å². The number of hydrogen-bond acceptors (Lipinski definition) is 2. The molecule has 7 heteroatoms. The number of nitrogens with zero attached hydrogens (tertiary/aromatic N) is 2. The van der Waals surface area contributed by atoms with Crippen LogP contribution in [0.2, 0.25) is 0 Å². The summed E-state index contributed by atoms with van der Waals surface area (Å²) in [6, 6.07) is 7.19. The molecule has 0 spiro atoms. The minimum Gasteiger partial charge on any atom is -0.329 e. The van der Waals surface area contributed by atoms with Crippen molar-refractivity contribution in [3.8, 4) is 5.69 Å². The molecular formula is C15H13F3N2OS. The van der Waals surface area contributed by atoms with E-state index in [9.17, 15) is 18.0 Å². The summed E-state index contributed by atoms with van der Waals surface area (Å²) in [7, 11) is 1.70. The number of rotatable bonds is 2. The quantitative estimate of drug-likeness (QED) is 0.841. The summed E-state index contributed by atoms with van der Waals surface area (Å²) in [6.07, 6.45) is -1.16. The highest BCUT2D eigenvalue weighted by atomic mass is 32.2. The Kier molecular flexibility index (Phi) is 3.68. The molecule has 1 aromatic carbocycles. The Morgan fingerprint density at radius 2 is 1.95 bits per heavy atom. The predicted molar refractivity (Wildman–Crippen MR) is 78.7 cm³/mol. The number of carbonyl (C=O) groups is 1. The summed E-state index contributed by atoms with van der Waals surface area (Å²) in [5.41, 5.74) is 0.217. The number of hydrogen-bond donors (Lipinski definition) is 0.